The second-order valence-corrected chi connectivity index (χ2v) is 7.45. The van der Waals surface area contributed by atoms with Gasteiger partial charge >= 0.3 is 0 Å². The van der Waals surface area contributed by atoms with E-state index in [9.17, 15) is 4.79 Å². The van der Waals surface area contributed by atoms with Gasteiger partial charge in [-0.1, -0.05) is 51.0 Å². The van der Waals surface area contributed by atoms with Crippen LogP contribution in [0.2, 0.25) is 0 Å². The first kappa shape index (κ1) is 14.4. The van der Waals surface area contributed by atoms with Crippen LogP contribution in [0.4, 0.5) is 0 Å². The molecular weight excluding hydrogens is 234 g/mol. The molecule has 1 saturated carbocycles. The molecule has 0 aromatic rings. The molecule has 0 aromatic carbocycles. The summed E-state index contributed by atoms with van der Waals surface area (Å²) in [6.45, 7) is 9.10. The van der Waals surface area contributed by atoms with Gasteiger partial charge in [0.1, 0.15) is 0 Å². The Morgan fingerprint density at radius 2 is 1.84 bits per heavy atom. The minimum absolute atomic E-state index is 0.155. The zero-order chi connectivity index (χ0) is 14.4. The smallest absolute Gasteiger partial charge is 0.232 e. The molecule has 0 heterocycles. The fourth-order valence-electron chi connectivity index (χ4n) is 3.43. The average molecular weight is 261 g/mol. The Kier molecular flexibility index (Phi) is 3.40. The normalized spacial score (nSPS) is 25.5. The van der Waals surface area contributed by atoms with E-state index in [2.05, 4.69) is 39.8 Å². The molecule has 0 bridgehead atoms. The monoisotopic (exact) mass is 261 g/mol. The topological polar surface area (TPSA) is 20.3 Å². The zero-order valence-corrected chi connectivity index (χ0v) is 13.2. The molecule has 2 rings (SSSR count). The second-order valence-electron chi connectivity index (χ2n) is 7.45. The highest BCUT2D eigenvalue weighted by atomic mass is 16.2. The van der Waals surface area contributed by atoms with Crippen molar-refractivity contribution in [1.29, 1.82) is 0 Å². The van der Waals surface area contributed by atoms with E-state index in [1.54, 1.807) is 4.90 Å². The molecule has 1 amide bonds. The first-order valence-corrected chi connectivity index (χ1v) is 7.32. The lowest BCUT2D eigenvalue weighted by Gasteiger charge is -2.34. The van der Waals surface area contributed by atoms with Crippen molar-refractivity contribution in [3.8, 4) is 0 Å². The van der Waals surface area contributed by atoms with Crippen LogP contribution < -0.4 is 0 Å². The van der Waals surface area contributed by atoms with Crippen molar-refractivity contribution in [2.24, 2.45) is 16.7 Å². The van der Waals surface area contributed by atoms with E-state index in [0.29, 0.717) is 11.8 Å². The van der Waals surface area contributed by atoms with E-state index in [0.717, 1.165) is 19.3 Å². The lowest BCUT2D eigenvalue weighted by molar-refractivity contribution is -0.133. The molecule has 1 unspecified atom stereocenters. The highest BCUT2D eigenvalue weighted by Crippen LogP contribution is 2.56. The van der Waals surface area contributed by atoms with Crippen molar-refractivity contribution in [1.82, 2.24) is 4.90 Å². The Morgan fingerprint density at radius 1 is 1.26 bits per heavy atom. The Balaban J connectivity index is 2.28. The van der Waals surface area contributed by atoms with Gasteiger partial charge in [-0.2, -0.15) is 0 Å². The summed E-state index contributed by atoms with van der Waals surface area (Å²) >= 11 is 0. The van der Waals surface area contributed by atoms with E-state index in [1.165, 1.54) is 11.1 Å². The molecule has 2 nitrogen and oxygen atoms in total. The molecule has 2 heteroatoms. The van der Waals surface area contributed by atoms with E-state index in [-0.39, 0.29) is 10.8 Å². The highest BCUT2D eigenvalue weighted by molar-refractivity contribution is 5.88. The van der Waals surface area contributed by atoms with Crippen molar-refractivity contribution in [3.63, 3.8) is 0 Å². The third-order valence-corrected chi connectivity index (χ3v) is 4.57. The SMILES string of the molecule is CC1CC(C2(C(=O)N(C)C)CC2)=CC=C1C(C)(C)C. The van der Waals surface area contributed by atoms with Gasteiger partial charge in [-0.05, 0) is 30.6 Å². The minimum atomic E-state index is -0.155. The van der Waals surface area contributed by atoms with Crippen LogP contribution in [0.1, 0.15) is 47.0 Å². The Hall–Kier alpha value is -1.05. The zero-order valence-electron chi connectivity index (χ0n) is 13.2. The van der Waals surface area contributed by atoms with Crippen LogP contribution in [-0.4, -0.2) is 24.9 Å². The third-order valence-electron chi connectivity index (χ3n) is 4.57. The maximum Gasteiger partial charge on any atom is 0.232 e. The second kappa shape index (κ2) is 4.50. The molecule has 1 atom stereocenters. The van der Waals surface area contributed by atoms with E-state index < -0.39 is 0 Å². The Labute approximate surface area is 117 Å². The van der Waals surface area contributed by atoms with Gasteiger partial charge in [0, 0.05) is 14.1 Å². The van der Waals surface area contributed by atoms with Crippen LogP contribution in [0.5, 0.6) is 0 Å². The molecule has 0 aromatic heterocycles. The number of hydrogen-bond acceptors (Lipinski definition) is 1. The molecule has 0 N–H and O–H groups in total. The third kappa shape index (κ3) is 2.50. The molecule has 106 valence electrons. The van der Waals surface area contributed by atoms with Crippen LogP contribution in [0.25, 0.3) is 0 Å². The maximum absolute atomic E-state index is 12.4. The molecule has 0 aliphatic heterocycles. The maximum atomic E-state index is 12.4. The van der Waals surface area contributed by atoms with Crippen LogP contribution in [0, 0.1) is 16.7 Å². The van der Waals surface area contributed by atoms with E-state index in [4.69, 9.17) is 0 Å². The van der Waals surface area contributed by atoms with Gasteiger partial charge < -0.3 is 4.90 Å². The van der Waals surface area contributed by atoms with Crippen molar-refractivity contribution in [3.05, 3.63) is 23.3 Å². The first-order chi connectivity index (χ1) is 8.68. The quantitative estimate of drug-likeness (QED) is 0.740. The Morgan fingerprint density at radius 3 is 2.21 bits per heavy atom. The summed E-state index contributed by atoms with van der Waals surface area (Å²) in [7, 11) is 3.73. The van der Waals surface area contributed by atoms with Gasteiger partial charge in [0.2, 0.25) is 5.91 Å². The fourth-order valence-corrected chi connectivity index (χ4v) is 3.43. The number of hydrogen-bond donors (Lipinski definition) is 0. The van der Waals surface area contributed by atoms with Gasteiger partial charge in [-0.25, -0.2) is 0 Å². The summed E-state index contributed by atoms with van der Waals surface area (Å²) in [5.41, 5.74) is 2.93. The average Bonchev–Trinajstić information content (AvgIpc) is 3.07. The van der Waals surface area contributed by atoms with E-state index in [1.807, 2.05) is 14.1 Å². The molecule has 19 heavy (non-hydrogen) atoms. The summed E-state index contributed by atoms with van der Waals surface area (Å²) in [4.78, 5) is 14.1. The molecule has 2 aliphatic rings. The van der Waals surface area contributed by atoms with Gasteiger partial charge in [0.25, 0.3) is 0 Å². The molecule has 0 spiro atoms. The van der Waals surface area contributed by atoms with Crippen molar-refractivity contribution in [2.75, 3.05) is 14.1 Å². The summed E-state index contributed by atoms with van der Waals surface area (Å²) in [5, 5.41) is 0. The molecule has 2 aliphatic carbocycles. The van der Waals surface area contributed by atoms with Crippen molar-refractivity contribution in [2.45, 2.75) is 47.0 Å². The first-order valence-electron chi connectivity index (χ1n) is 7.32. The molecule has 1 fully saturated rings. The summed E-state index contributed by atoms with van der Waals surface area (Å²) < 4.78 is 0. The number of rotatable bonds is 2. The van der Waals surface area contributed by atoms with Crippen LogP contribution >= 0.6 is 0 Å². The number of nitrogens with zero attached hydrogens (tertiary/aromatic N) is 1. The number of carbonyl (C=O) groups is 1. The number of carbonyl (C=O) groups excluding carboxylic acids is 1. The van der Waals surface area contributed by atoms with Gasteiger partial charge in [0.05, 0.1) is 5.41 Å². The molecule has 0 saturated heterocycles. The van der Waals surface area contributed by atoms with Crippen LogP contribution in [-0.2, 0) is 4.79 Å². The summed E-state index contributed by atoms with van der Waals surface area (Å²) in [5.74, 6) is 0.839. The minimum Gasteiger partial charge on any atom is -0.348 e. The van der Waals surface area contributed by atoms with Crippen molar-refractivity contribution < 1.29 is 4.79 Å². The van der Waals surface area contributed by atoms with Crippen LogP contribution in [0.15, 0.2) is 23.3 Å². The standard InChI is InChI=1S/C17H27NO/c1-12-11-13(7-8-14(12)16(2,3)4)17(9-10-17)15(19)18(5)6/h7-8,12H,9-11H2,1-6H3. The number of amides is 1. The fraction of sp³-hybridized carbons (Fsp3) is 0.706. The van der Waals surface area contributed by atoms with Gasteiger partial charge in [0.15, 0.2) is 0 Å². The largest absolute Gasteiger partial charge is 0.348 e. The number of allylic oxidation sites excluding steroid dienone is 3. The van der Waals surface area contributed by atoms with E-state index >= 15 is 0 Å². The molecular formula is C17H27NO. The Bertz CT molecular complexity index is 444. The van der Waals surface area contributed by atoms with Crippen LogP contribution in [0.3, 0.4) is 0 Å². The predicted octanol–water partition coefficient (Wildman–Crippen LogP) is 3.79. The van der Waals surface area contributed by atoms with Gasteiger partial charge in [-0.3, -0.25) is 4.79 Å². The predicted molar refractivity (Wildman–Crippen MR) is 79.8 cm³/mol. The lowest BCUT2D eigenvalue weighted by Crippen LogP contribution is -2.33. The molecule has 0 radical (unpaired) electrons. The van der Waals surface area contributed by atoms with Crippen molar-refractivity contribution >= 4 is 5.91 Å². The summed E-state index contributed by atoms with van der Waals surface area (Å²) in [6.07, 6.45) is 7.60. The summed E-state index contributed by atoms with van der Waals surface area (Å²) in [6, 6.07) is 0. The highest BCUT2D eigenvalue weighted by Gasteiger charge is 2.53. The lowest BCUT2D eigenvalue weighted by atomic mass is 9.72. The van der Waals surface area contributed by atoms with Gasteiger partial charge in [-0.15, -0.1) is 0 Å².